The lowest BCUT2D eigenvalue weighted by atomic mass is 10.0. The molecule has 168 valence electrons. The van der Waals surface area contributed by atoms with Gasteiger partial charge in [-0.1, -0.05) is 30.3 Å². The second kappa shape index (κ2) is 9.62. The van der Waals surface area contributed by atoms with Crippen molar-refractivity contribution in [3.05, 3.63) is 83.7 Å². The van der Waals surface area contributed by atoms with Gasteiger partial charge in [0.25, 0.3) is 5.91 Å². The van der Waals surface area contributed by atoms with Crippen LogP contribution in [0.4, 0.5) is 0 Å². The number of carbonyl (C=O) groups excluding carboxylic acids is 1. The van der Waals surface area contributed by atoms with Crippen molar-refractivity contribution in [3.8, 4) is 0 Å². The first-order chi connectivity index (χ1) is 16.2. The summed E-state index contributed by atoms with van der Waals surface area (Å²) < 4.78 is 6.08. The zero-order valence-corrected chi connectivity index (χ0v) is 18.3. The number of morpholine rings is 1. The van der Waals surface area contributed by atoms with Crippen molar-refractivity contribution in [2.45, 2.75) is 12.6 Å². The van der Waals surface area contributed by atoms with Gasteiger partial charge >= 0.3 is 0 Å². The van der Waals surface area contributed by atoms with Crippen LogP contribution in [0.3, 0.4) is 0 Å². The quantitative estimate of drug-likeness (QED) is 0.477. The standard InChI is InChI=1S/C26H26N4O3/c31-12-10-28-26(32)21-15-24(29-23-6-2-1-5-20(21)23)25-17-30(11-13-33-25)16-18-7-8-22-19(14-18)4-3-9-27-22/h1-9,14-15,25,31H,10-13,16-17H2,(H,28,32)/t25-/m0/s1. The lowest BCUT2D eigenvalue weighted by Gasteiger charge is -2.33. The van der Waals surface area contributed by atoms with E-state index in [9.17, 15) is 4.79 Å². The van der Waals surface area contributed by atoms with Gasteiger partial charge in [-0.25, -0.2) is 4.98 Å². The van der Waals surface area contributed by atoms with E-state index >= 15 is 0 Å². The Hall–Kier alpha value is -3.39. The molecular formula is C26H26N4O3. The molecule has 0 bridgehead atoms. The Kier molecular flexibility index (Phi) is 6.26. The average Bonchev–Trinajstić information content (AvgIpc) is 2.86. The van der Waals surface area contributed by atoms with E-state index in [4.69, 9.17) is 14.8 Å². The van der Waals surface area contributed by atoms with Gasteiger partial charge in [0.1, 0.15) is 6.10 Å². The second-order valence-electron chi connectivity index (χ2n) is 8.22. The van der Waals surface area contributed by atoms with E-state index in [1.165, 1.54) is 5.56 Å². The van der Waals surface area contributed by atoms with Gasteiger partial charge in [0, 0.05) is 43.1 Å². The molecule has 4 aromatic rings. The van der Waals surface area contributed by atoms with E-state index in [2.05, 4.69) is 39.5 Å². The van der Waals surface area contributed by atoms with E-state index in [0.29, 0.717) is 18.7 Å². The zero-order valence-electron chi connectivity index (χ0n) is 18.3. The van der Waals surface area contributed by atoms with Crippen molar-refractivity contribution in [3.63, 3.8) is 0 Å². The Morgan fingerprint density at radius 1 is 1.12 bits per heavy atom. The van der Waals surface area contributed by atoms with Crippen LogP contribution in [0.25, 0.3) is 21.8 Å². The first-order valence-corrected chi connectivity index (χ1v) is 11.2. The van der Waals surface area contributed by atoms with Crippen molar-refractivity contribution in [2.75, 3.05) is 32.8 Å². The summed E-state index contributed by atoms with van der Waals surface area (Å²) in [5.41, 5.74) is 4.27. The number of rotatable bonds is 6. The smallest absolute Gasteiger partial charge is 0.252 e. The normalized spacial score (nSPS) is 16.8. The van der Waals surface area contributed by atoms with Gasteiger partial charge in [-0.05, 0) is 35.9 Å². The molecule has 2 aromatic heterocycles. The number of para-hydroxylation sites is 1. The van der Waals surface area contributed by atoms with Crippen LogP contribution < -0.4 is 5.32 Å². The number of amides is 1. The van der Waals surface area contributed by atoms with Gasteiger partial charge in [-0.15, -0.1) is 0 Å². The maximum atomic E-state index is 12.8. The molecular weight excluding hydrogens is 416 g/mol. The largest absolute Gasteiger partial charge is 0.395 e. The lowest BCUT2D eigenvalue weighted by Crippen LogP contribution is -2.38. The summed E-state index contributed by atoms with van der Waals surface area (Å²) in [4.78, 5) is 24.3. The third-order valence-electron chi connectivity index (χ3n) is 5.93. The van der Waals surface area contributed by atoms with Crippen LogP contribution in [0.2, 0.25) is 0 Å². The first kappa shape index (κ1) is 21.5. The van der Waals surface area contributed by atoms with Gasteiger partial charge < -0.3 is 15.2 Å². The highest BCUT2D eigenvalue weighted by atomic mass is 16.5. The van der Waals surface area contributed by atoms with Crippen LogP contribution in [-0.4, -0.2) is 58.7 Å². The number of nitrogens with one attached hydrogen (secondary N) is 1. The Morgan fingerprint density at radius 2 is 2.03 bits per heavy atom. The molecule has 1 aliphatic heterocycles. The third kappa shape index (κ3) is 4.71. The SMILES string of the molecule is O=C(NCCO)c1cc([C@@H]2CN(Cc3ccc4ncccc4c3)CCO2)nc2ccccc12. The van der Waals surface area contributed by atoms with Gasteiger partial charge in [-0.2, -0.15) is 0 Å². The molecule has 1 saturated heterocycles. The van der Waals surface area contributed by atoms with Crippen molar-refractivity contribution < 1.29 is 14.6 Å². The number of pyridine rings is 2. The fraction of sp³-hybridized carbons (Fsp3) is 0.269. The first-order valence-electron chi connectivity index (χ1n) is 11.2. The molecule has 7 heteroatoms. The summed E-state index contributed by atoms with van der Waals surface area (Å²) in [6, 6.07) is 19.8. The number of hydrogen-bond acceptors (Lipinski definition) is 6. The minimum absolute atomic E-state index is 0.104. The number of benzene rings is 2. The fourth-order valence-electron chi connectivity index (χ4n) is 4.32. The number of hydrogen-bond donors (Lipinski definition) is 2. The summed E-state index contributed by atoms with van der Waals surface area (Å²) >= 11 is 0. The van der Waals surface area contributed by atoms with Crippen molar-refractivity contribution in [1.82, 2.24) is 20.2 Å². The third-order valence-corrected chi connectivity index (χ3v) is 5.93. The number of fused-ring (bicyclic) bond motifs is 2. The molecule has 0 aliphatic carbocycles. The Bertz CT molecular complexity index is 1290. The van der Waals surface area contributed by atoms with Crippen LogP contribution in [0.15, 0.2) is 66.9 Å². The van der Waals surface area contributed by atoms with Gasteiger partial charge in [0.05, 0.1) is 35.5 Å². The number of aliphatic hydroxyl groups excluding tert-OH is 1. The predicted octanol–water partition coefficient (Wildman–Crippen LogP) is 3.08. The fourth-order valence-corrected chi connectivity index (χ4v) is 4.32. The Labute approximate surface area is 192 Å². The molecule has 1 aliphatic rings. The van der Waals surface area contributed by atoms with Crippen molar-refractivity contribution in [1.29, 1.82) is 0 Å². The molecule has 1 amide bonds. The van der Waals surface area contributed by atoms with E-state index in [1.807, 2.05) is 42.6 Å². The molecule has 5 rings (SSSR count). The molecule has 1 atom stereocenters. The molecule has 0 unspecified atom stereocenters. The summed E-state index contributed by atoms with van der Waals surface area (Å²) in [5, 5.41) is 13.8. The Morgan fingerprint density at radius 3 is 2.94 bits per heavy atom. The number of carbonyl (C=O) groups is 1. The van der Waals surface area contributed by atoms with Crippen molar-refractivity contribution >= 4 is 27.7 Å². The topological polar surface area (TPSA) is 87.6 Å². The molecule has 2 aromatic carbocycles. The molecule has 1 fully saturated rings. The summed E-state index contributed by atoms with van der Waals surface area (Å²) in [5.74, 6) is -0.221. The molecule has 7 nitrogen and oxygen atoms in total. The van der Waals surface area contributed by atoms with Crippen LogP contribution in [-0.2, 0) is 11.3 Å². The van der Waals surface area contributed by atoms with Crippen LogP contribution in [0, 0.1) is 0 Å². The maximum absolute atomic E-state index is 12.8. The number of nitrogens with zero attached hydrogens (tertiary/aromatic N) is 3. The summed E-state index contributed by atoms with van der Waals surface area (Å²) in [6.45, 7) is 3.03. The highest BCUT2D eigenvalue weighted by Crippen LogP contribution is 2.27. The van der Waals surface area contributed by atoms with Crippen LogP contribution in [0.1, 0.15) is 27.7 Å². The maximum Gasteiger partial charge on any atom is 0.252 e. The van der Waals surface area contributed by atoms with Gasteiger partial charge in [0.2, 0.25) is 0 Å². The highest BCUT2D eigenvalue weighted by Gasteiger charge is 2.25. The van der Waals surface area contributed by atoms with Crippen LogP contribution in [0.5, 0.6) is 0 Å². The minimum Gasteiger partial charge on any atom is -0.395 e. The van der Waals surface area contributed by atoms with E-state index in [1.54, 1.807) is 0 Å². The Balaban J connectivity index is 1.39. The second-order valence-corrected chi connectivity index (χ2v) is 8.22. The predicted molar refractivity (Wildman–Crippen MR) is 127 cm³/mol. The molecule has 0 saturated carbocycles. The molecule has 3 heterocycles. The van der Waals surface area contributed by atoms with E-state index in [0.717, 1.165) is 40.6 Å². The molecule has 2 N–H and O–H groups in total. The zero-order chi connectivity index (χ0) is 22.6. The van der Waals surface area contributed by atoms with E-state index in [-0.39, 0.29) is 25.2 Å². The number of aromatic nitrogens is 2. The average molecular weight is 443 g/mol. The number of ether oxygens (including phenoxy) is 1. The minimum atomic E-state index is -0.227. The van der Waals surface area contributed by atoms with Crippen LogP contribution >= 0.6 is 0 Å². The van der Waals surface area contributed by atoms with Crippen molar-refractivity contribution in [2.24, 2.45) is 0 Å². The number of aliphatic hydroxyl groups is 1. The molecule has 0 radical (unpaired) electrons. The monoisotopic (exact) mass is 442 g/mol. The lowest BCUT2D eigenvalue weighted by molar-refractivity contribution is -0.0348. The van der Waals surface area contributed by atoms with Gasteiger partial charge in [-0.3, -0.25) is 14.7 Å². The van der Waals surface area contributed by atoms with E-state index < -0.39 is 0 Å². The summed E-state index contributed by atoms with van der Waals surface area (Å²) in [7, 11) is 0. The molecule has 33 heavy (non-hydrogen) atoms. The van der Waals surface area contributed by atoms with Gasteiger partial charge in [0.15, 0.2) is 0 Å². The highest BCUT2D eigenvalue weighted by molar-refractivity contribution is 6.06. The molecule has 0 spiro atoms. The summed E-state index contributed by atoms with van der Waals surface area (Å²) in [6.07, 6.45) is 1.58.